The van der Waals surface area contributed by atoms with Crippen molar-refractivity contribution in [3.63, 3.8) is 0 Å². The van der Waals surface area contributed by atoms with E-state index in [1.165, 1.54) is 6.07 Å². The molecule has 3 nitrogen and oxygen atoms in total. The number of benzene rings is 1. The van der Waals surface area contributed by atoms with Gasteiger partial charge in [-0.05, 0) is 12.0 Å². The number of fused-ring (bicyclic) bond motifs is 1. The van der Waals surface area contributed by atoms with Gasteiger partial charge in [0.25, 0.3) is 0 Å². The summed E-state index contributed by atoms with van der Waals surface area (Å²) in [6.07, 6.45) is 0. The van der Waals surface area contributed by atoms with Crippen LogP contribution in [0.2, 0.25) is 0 Å². The summed E-state index contributed by atoms with van der Waals surface area (Å²) in [4.78, 5) is 15.4. The average molecular weight is 349 g/mol. The number of aromatic nitrogens is 1. The van der Waals surface area contributed by atoms with Gasteiger partial charge in [0.15, 0.2) is 10.9 Å². The second kappa shape index (κ2) is 5.50. The lowest BCUT2D eigenvalue weighted by Crippen LogP contribution is -2.26. The van der Waals surface area contributed by atoms with E-state index in [1.54, 1.807) is 0 Å². The Kier molecular flexibility index (Phi) is 4.15. The lowest BCUT2D eigenvalue weighted by atomic mass is 10.1. The minimum Gasteiger partial charge on any atom is -0.301 e. The summed E-state index contributed by atoms with van der Waals surface area (Å²) in [5, 5.41) is 2.85. The number of rotatable bonds is 3. The topological polar surface area (TPSA) is 42.0 Å². The summed E-state index contributed by atoms with van der Waals surface area (Å²) >= 11 is 4.30. The molecule has 0 aliphatic rings. The molecule has 0 fully saturated rings. The number of carbonyl (C=O) groups is 1. The molecule has 1 heterocycles. The summed E-state index contributed by atoms with van der Waals surface area (Å²) in [7, 11) is 0. The van der Waals surface area contributed by atoms with E-state index in [-0.39, 0.29) is 27.3 Å². The van der Waals surface area contributed by atoms with E-state index in [9.17, 15) is 13.6 Å². The van der Waals surface area contributed by atoms with Gasteiger partial charge in [0.1, 0.15) is 11.3 Å². The van der Waals surface area contributed by atoms with E-state index in [0.29, 0.717) is 4.70 Å². The van der Waals surface area contributed by atoms with Crippen molar-refractivity contribution < 1.29 is 13.6 Å². The van der Waals surface area contributed by atoms with E-state index in [4.69, 9.17) is 0 Å². The third kappa shape index (κ3) is 3.09. The van der Waals surface area contributed by atoms with Crippen LogP contribution in [0.25, 0.3) is 10.2 Å². The zero-order valence-electron chi connectivity index (χ0n) is 10.2. The Morgan fingerprint density at radius 1 is 1.42 bits per heavy atom. The van der Waals surface area contributed by atoms with Gasteiger partial charge in [-0.1, -0.05) is 41.1 Å². The maximum Gasteiger partial charge on any atom is 0.240 e. The van der Waals surface area contributed by atoms with Gasteiger partial charge < -0.3 is 5.32 Å². The smallest absolute Gasteiger partial charge is 0.240 e. The number of anilines is 1. The summed E-state index contributed by atoms with van der Waals surface area (Å²) < 4.78 is 26.9. The number of amides is 1. The molecule has 0 saturated heterocycles. The van der Waals surface area contributed by atoms with Crippen molar-refractivity contribution >= 4 is 48.5 Å². The van der Waals surface area contributed by atoms with Crippen LogP contribution in [0.5, 0.6) is 0 Å². The number of thiazole rings is 1. The molecule has 0 aliphatic heterocycles. The maximum atomic E-state index is 13.5. The zero-order chi connectivity index (χ0) is 14.2. The Hall–Kier alpha value is -1.08. The van der Waals surface area contributed by atoms with Crippen LogP contribution in [-0.4, -0.2) is 15.7 Å². The molecule has 1 aromatic heterocycles. The summed E-state index contributed by atoms with van der Waals surface area (Å²) in [6.45, 7) is 3.79. The van der Waals surface area contributed by atoms with Crippen LogP contribution in [0.1, 0.15) is 13.8 Å². The highest BCUT2D eigenvalue weighted by Crippen LogP contribution is 2.29. The molecule has 0 saturated carbocycles. The average Bonchev–Trinajstić information content (AvgIpc) is 2.70. The van der Waals surface area contributed by atoms with Crippen molar-refractivity contribution in [3.05, 3.63) is 23.8 Å². The second-order valence-electron chi connectivity index (χ2n) is 4.39. The minimum atomic E-state index is -0.731. The molecule has 2 aromatic rings. The fourth-order valence-electron chi connectivity index (χ4n) is 1.49. The predicted molar refractivity (Wildman–Crippen MR) is 75.7 cm³/mol. The zero-order valence-corrected chi connectivity index (χ0v) is 12.6. The lowest BCUT2D eigenvalue weighted by Gasteiger charge is -2.11. The summed E-state index contributed by atoms with van der Waals surface area (Å²) in [5.74, 6) is -1.53. The number of nitrogens with zero attached hydrogens (tertiary/aromatic N) is 1. The standard InChI is InChI=1S/C12H11BrF2N2OS/c1-5(2)9(13)11(18)17-12-16-10-7(15)3-6(14)4-8(10)19-12/h3-5,9H,1-2H3,(H,16,17,18)/t9-/m0/s1. The first-order valence-corrected chi connectivity index (χ1v) is 7.32. The van der Waals surface area contributed by atoms with Gasteiger partial charge in [-0.2, -0.15) is 0 Å². The normalized spacial score (nSPS) is 12.9. The molecule has 0 spiro atoms. The molecule has 1 atom stereocenters. The molecule has 1 amide bonds. The van der Waals surface area contributed by atoms with Gasteiger partial charge in [0.2, 0.25) is 5.91 Å². The van der Waals surface area contributed by atoms with Crippen molar-refractivity contribution in [1.82, 2.24) is 4.98 Å². The van der Waals surface area contributed by atoms with E-state index < -0.39 is 11.6 Å². The second-order valence-corrected chi connectivity index (χ2v) is 6.41. The van der Waals surface area contributed by atoms with Gasteiger partial charge in [-0.3, -0.25) is 4.79 Å². The number of hydrogen-bond acceptors (Lipinski definition) is 3. The van der Waals surface area contributed by atoms with E-state index in [0.717, 1.165) is 17.4 Å². The first-order valence-electron chi connectivity index (χ1n) is 5.59. The molecule has 1 N–H and O–H groups in total. The fourth-order valence-corrected chi connectivity index (χ4v) is 2.51. The molecular weight excluding hydrogens is 338 g/mol. The SMILES string of the molecule is CC(C)[C@H](Br)C(=O)Nc1nc2c(F)cc(F)cc2s1. The number of carbonyl (C=O) groups excluding carboxylic acids is 1. The van der Waals surface area contributed by atoms with Gasteiger partial charge in [-0.15, -0.1) is 0 Å². The largest absolute Gasteiger partial charge is 0.301 e. The highest BCUT2D eigenvalue weighted by atomic mass is 79.9. The maximum absolute atomic E-state index is 13.5. The van der Waals surface area contributed by atoms with Crippen LogP contribution >= 0.6 is 27.3 Å². The van der Waals surface area contributed by atoms with Crippen molar-refractivity contribution in [2.75, 3.05) is 5.32 Å². The van der Waals surface area contributed by atoms with E-state index >= 15 is 0 Å². The molecule has 0 aliphatic carbocycles. The molecule has 2 rings (SSSR count). The molecule has 1 aromatic carbocycles. The van der Waals surface area contributed by atoms with E-state index in [2.05, 4.69) is 26.2 Å². The van der Waals surface area contributed by atoms with Crippen LogP contribution in [0.4, 0.5) is 13.9 Å². The Morgan fingerprint density at radius 2 is 2.11 bits per heavy atom. The number of alkyl halides is 1. The minimum absolute atomic E-state index is 0.0670. The number of nitrogens with one attached hydrogen (secondary N) is 1. The van der Waals surface area contributed by atoms with Crippen molar-refractivity contribution in [3.8, 4) is 0 Å². The Bertz CT molecular complexity index is 629. The van der Waals surface area contributed by atoms with Gasteiger partial charge in [-0.25, -0.2) is 13.8 Å². The Morgan fingerprint density at radius 3 is 2.74 bits per heavy atom. The molecule has 0 unspecified atom stereocenters. The number of halogens is 3. The first kappa shape index (κ1) is 14.3. The molecule has 0 radical (unpaired) electrons. The fraction of sp³-hybridized carbons (Fsp3) is 0.333. The highest BCUT2D eigenvalue weighted by Gasteiger charge is 2.20. The lowest BCUT2D eigenvalue weighted by molar-refractivity contribution is -0.116. The third-order valence-corrected chi connectivity index (χ3v) is 4.87. The number of hydrogen-bond donors (Lipinski definition) is 1. The predicted octanol–water partition coefficient (Wildman–Crippen LogP) is 3.93. The van der Waals surface area contributed by atoms with Crippen LogP contribution in [-0.2, 0) is 4.79 Å². The van der Waals surface area contributed by atoms with Gasteiger partial charge in [0, 0.05) is 6.07 Å². The molecule has 7 heteroatoms. The summed E-state index contributed by atoms with van der Waals surface area (Å²) in [5.41, 5.74) is 0.0670. The Labute approximate surface area is 121 Å². The quantitative estimate of drug-likeness (QED) is 0.853. The molecule has 19 heavy (non-hydrogen) atoms. The van der Waals surface area contributed by atoms with Crippen molar-refractivity contribution in [2.45, 2.75) is 18.7 Å². The van der Waals surface area contributed by atoms with Crippen LogP contribution in [0, 0.1) is 17.6 Å². The van der Waals surface area contributed by atoms with Crippen molar-refractivity contribution in [2.24, 2.45) is 5.92 Å². The van der Waals surface area contributed by atoms with Crippen LogP contribution in [0.3, 0.4) is 0 Å². The third-order valence-electron chi connectivity index (χ3n) is 2.48. The molecule has 102 valence electrons. The summed E-state index contributed by atoms with van der Waals surface area (Å²) in [6, 6.07) is 1.97. The van der Waals surface area contributed by atoms with Crippen LogP contribution < -0.4 is 5.32 Å². The molecule has 0 bridgehead atoms. The van der Waals surface area contributed by atoms with Crippen molar-refractivity contribution in [1.29, 1.82) is 0 Å². The first-order chi connectivity index (χ1) is 8.88. The highest BCUT2D eigenvalue weighted by molar-refractivity contribution is 9.10. The van der Waals surface area contributed by atoms with Gasteiger partial charge in [0.05, 0.1) is 9.53 Å². The van der Waals surface area contributed by atoms with Crippen LogP contribution in [0.15, 0.2) is 12.1 Å². The Balaban J connectivity index is 2.27. The van der Waals surface area contributed by atoms with E-state index in [1.807, 2.05) is 13.8 Å². The van der Waals surface area contributed by atoms with Gasteiger partial charge >= 0.3 is 0 Å². The monoisotopic (exact) mass is 348 g/mol. The molecular formula is C12H11BrF2N2OS.